The molecule has 3 nitrogen and oxygen atoms in total. The van der Waals surface area contributed by atoms with Crippen molar-refractivity contribution in [3.63, 3.8) is 0 Å². The molecule has 2 spiro atoms. The van der Waals surface area contributed by atoms with Gasteiger partial charge in [-0.05, 0) is 87.5 Å². The number of hydrogen-bond donors (Lipinski definition) is 1. The van der Waals surface area contributed by atoms with E-state index in [1.165, 1.54) is 56.9 Å². The fourth-order valence-corrected chi connectivity index (χ4v) is 8.69. The van der Waals surface area contributed by atoms with E-state index in [-0.39, 0.29) is 0 Å². The van der Waals surface area contributed by atoms with E-state index in [2.05, 4.69) is 43.6 Å². The van der Waals surface area contributed by atoms with Gasteiger partial charge < -0.3 is 10.2 Å². The Kier molecular flexibility index (Phi) is 3.59. The van der Waals surface area contributed by atoms with Crippen LogP contribution in [0.5, 0.6) is 0 Å². The Bertz CT molecular complexity index is 779. The second-order valence-corrected chi connectivity index (χ2v) is 10.1. The van der Waals surface area contributed by atoms with E-state index in [9.17, 15) is 0 Å². The van der Waals surface area contributed by atoms with Crippen LogP contribution in [-0.4, -0.2) is 12.8 Å². The summed E-state index contributed by atoms with van der Waals surface area (Å²) in [5.41, 5.74) is 5.82. The summed E-state index contributed by atoms with van der Waals surface area (Å²) in [5, 5.41) is 7.37. The standard InChI is InChI=1S/C24H34N2O/c1-15-8-12-23-18(14-15)9-13-24(23)20-7-6-19(16(2)26-27-17(3)25-5)22(20,4)11-10-21(23)24/h14,19-21,25H,1,3,6-13H2,2,4-5H3/b26-16+. The zero-order chi connectivity index (χ0) is 19.0. The molecule has 0 saturated heterocycles. The number of nitrogens with one attached hydrogen (secondary N) is 1. The molecule has 6 atom stereocenters. The Labute approximate surface area is 164 Å². The van der Waals surface area contributed by atoms with Crippen molar-refractivity contribution in [3.8, 4) is 0 Å². The Balaban J connectivity index is 1.46. The molecule has 3 heteroatoms. The Morgan fingerprint density at radius 2 is 2.00 bits per heavy atom. The zero-order valence-electron chi connectivity index (χ0n) is 17.2. The monoisotopic (exact) mass is 366 g/mol. The molecule has 0 aromatic rings. The summed E-state index contributed by atoms with van der Waals surface area (Å²) in [6, 6.07) is 0. The van der Waals surface area contributed by atoms with Gasteiger partial charge in [0.2, 0.25) is 5.88 Å². The molecule has 5 aliphatic rings. The number of nitrogens with zero attached hydrogens (tertiary/aromatic N) is 1. The van der Waals surface area contributed by atoms with Gasteiger partial charge in [0.25, 0.3) is 0 Å². The lowest BCUT2D eigenvalue weighted by atomic mass is 9.59. The van der Waals surface area contributed by atoms with Crippen LogP contribution in [0, 0.1) is 34.0 Å². The van der Waals surface area contributed by atoms with Crippen molar-refractivity contribution in [1.29, 1.82) is 0 Å². The normalized spacial score (nSPS) is 47.4. The zero-order valence-corrected chi connectivity index (χ0v) is 17.2. The molecule has 6 unspecified atom stereocenters. The maximum Gasteiger partial charge on any atom is 0.215 e. The summed E-state index contributed by atoms with van der Waals surface area (Å²) in [6.45, 7) is 12.8. The van der Waals surface area contributed by atoms with Crippen molar-refractivity contribution < 1.29 is 4.84 Å². The summed E-state index contributed by atoms with van der Waals surface area (Å²) < 4.78 is 0. The van der Waals surface area contributed by atoms with Crippen molar-refractivity contribution in [1.82, 2.24) is 5.32 Å². The summed E-state index contributed by atoms with van der Waals surface area (Å²) >= 11 is 0. The van der Waals surface area contributed by atoms with Crippen molar-refractivity contribution in [2.24, 2.45) is 39.2 Å². The highest BCUT2D eigenvalue weighted by molar-refractivity contribution is 5.85. The van der Waals surface area contributed by atoms with Gasteiger partial charge in [0.15, 0.2) is 0 Å². The van der Waals surface area contributed by atoms with E-state index in [1.807, 2.05) is 7.05 Å². The van der Waals surface area contributed by atoms with Crippen LogP contribution in [0.15, 0.2) is 41.4 Å². The number of rotatable bonds is 4. The molecule has 0 aliphatic heterocycles. The predicted molar refractivity (Wildman–Crippen MR) is 110 cm³/mol. The van der Waals surface area contributed by atoms with Crippen molar-refractivity contribution >= 4 is 5.71 Å². The molecule has 0 amide bonds. The smallest absolute Gasteiger partial charge is 0.215 e. The predicted octanol–water partition coefficient (Wildman–Crippen LogP) is 5.57. The fraction of sp³-hybridized carbons (Fsp3) is 0.708. The highest BCUT2D eigenvalue weighted by atomic mass is 16.6. The van der Waals surface area contributed by atoms with E-state index in [0.29, 0.717) is 28.0 Å². The highest BCUT2D eigenvalue weighted by Gasteiger charge is 2.84. The number of oxime groups is 1. The minimum atomic E-state index is 0.377. The first-order chi connectivity index (χ1) is 12.9. The first-order valence-electron chi connectivity index (χ1n) is 10.9. The van der Waals surface area contributed by atoms with Crippen LogP contribution in [0.25, 0.3) is 0 Å². The van der Waals surface area contributed by atoms with Gasteiger partial charge in [-0.1, -0.05) is 35.9 Å². The summed E-state index contributed by atoms with van der Waals surface area (Å²) in [7, 11) is 1.82. The summed E-state index contributed by atoms with van der Waals surface area (Å²) in [6.07, 6.45) is 13.2. The van der Waals surface area contributed by atoms with E-state index in [1.54, 1.807) is 5.57 Å². The molecule has 1 N–H and O–H groups in total. The molecule has 0 aromatic heterocycles. The van der Waals surface area contributed by atoms with Gasteiger partial charge in [-0.3, -0.25) is 0 Å². The molecule has 0 aromatic carbocycles. The summed E-state index contributed by atoms with van der Waals surface area (Å²) in [5.74, 6) is 2.87. The third-order valence-corrected chi connectivity index (χ3v) is 9.58. The molecule has 5 rings (SSSR count). The molecule has 5 aliphatic carbocycles. The number of fused-ring (bicyclic) bond motifs is 1. The second kappa shape index (κ2) is 5.52. The number of hydrogen-bond acceptors (Lipinski definition) is 3. The van der Waals surface area contributed by atoms with E-state index in [0.717, 1.165) is 17.5 Å². The quantitative estimate of drug-likeness (QED) is 0.401. The number of allylic oxidation sites excluding steroid dienone is 3. The van der Waals surface area contributed by atoms with Crippen LogP contribution < -0.4 is 5.32 Å². The molecule has 0 radical (unpaired) electrons. The third kappa shape index (κ3) is 1.96. The maximum absolute atomic E-state index is 5.47. The highest BCUT2D eigenvalue weighted by Crippen LogP contribution is 2.91. The molecule has 27 heavy (non-hydrogen) atoms. The van der Waals surface area contributed by atoms with Crippen LogP contribution in [0.1, 0.15) is 65.2 Å². The molecule has 0 bridgehead atoms. The van der Waals surface area contributed by atoms with Crippen LogP contribution in [0.4, 0.5) is 0 Å². The lowest BCUT2D eigenvalue weighted by Gasteiger charge is -2.45. The van der Waals surface area contributed by atoms with Crippen molar-refractivity contribution in [2.45, 2.75) is 65.2 Å². The van der Waals surface area contributed by atoms with Gasteiger partial charge in [0, 0.05) is 18.4 Å². The molecular formula is C24H34N2O. The van der Waals surface area contributed by atoms with Gasteiger partial charge in [-0.25, -0.2) is 0 Å². The molecule has 0 heterocycles. The molecule has 4 fully saturated rings. The van der Waals surface area contributed by atoms with Crippen LogP contribution in [0.2, 0.25) is 0 Å². The first-order valence-corrected chi connectivity index (χ1v) is 10.9. The lowest BCUT2D eigenvalue weighted by Crippen LogP contribution is -2.40. The SMILES string of the molecule is C=C1C=C2CCC34C5CCC(/C(C)=N/OC(=C)NC)C5(C)CCC3C24CC1. The molecular weight excluding hydrogens is 332 g/mol. The first kappa shape index (κ1) is 17.6. The van der Waals surface area contributed by atoms with Crippen LogP contribution in [-0.2, 0) is 4.84 Å². The van der Waals surface area contributed by atoms with E-state index in [4.69, 9.17) is 4.84 Å². The van der Waals surface area contributed by atoms with Gasteiger partial charge >= 0.3 is 0 Å². The Morgan fingerprint density at radius 1 is 1.19 bits per heavy atom. The van der Waals surface area contributed by atoms with Gasteiger partial charge in [0.05, 0.1) is 5.71 Å². The largest absolute Gasteiger partial charge is 0.358 e. The average molecular weight is 367 g/mol. The third-order valence-electron chi connectivity index (χ3n) is 9.58. The van der Waals surface area contributed by atoms with Crippen molar-refractivity contribution in [2.75, 3.05) is 7.05 Å². The molecule has 4 saturated carbocycles. The fourth-order valence-electron chi connectivity index (χ4n) is 8.69. The minimum Gasteiger partial charge on any atom is -0.358 e. The minimum absolute atomic E-state index is 0.377. The van der Waals surface area contributed by atoms with Gasteiger partial charge in [-0.2, -0.15) is 0 Å². The molecule has 146 valence electrons. The maximum atomic E-state index is 5.47. The van der Waals surface area contributed by atoms with E-state index < -0.39 is 0 Å². The van der Waals surface area contributed by atoms with Crippen LogP contribution >= 0.6 is 0 Å². The average Bonchev–Trinajstić information content (AvgIpc) is 2.89. The Morgan fingerprint density at radius 3 is 2.78 bits per heavy atom. The van der Waals surface area contributed by atoms with Gasteiger partial charge in [0.1, 0.15) is 0 Å². The topological polar surface area (TPSA) is 33.6 Å². The van der Waals surface area contributed by atoms with Gasteiger partial charge in [-0.15, -0.1) is 0 Å². The Hall–Kier alpha value is -1.51. The van der Waals surface area contributed by atoms with Crippen molar-refractivity contribution in [3.05, 3.63) is 36.3 Å². The summed E-state index contributed by atoms with van der Waals surface area (Å²) in [4.78, 5) is 5.47. The van der Waals surface area contributed by atoms with E-state index >= 15 is 0 Å². The lowest BCUT2D eigenvalue weighted by molar-refractivity contribution is 0.0514. The van der Waals surface area contributed by atoms with Crippen LogP contribution in [0.3, 0.4) is 0 Å². The second-order valence-electron chi connectivity index (χ2n) is 10.1.